The van der Waals surface area contributed by atoms with Gasteiger partial charge in [0.25, 0.3) is 0 Å². The minimum absolute atomic E-state index is 0.289. The van der Waals surface area contributed by atoms with Gasteiger partial charge in [-0.25, -0.2) is 4.98 Å². The lowest BCUT2D eigenvalue weighted by Crippen LogP contribution is -2.31. The van der Waals surface area contributed by atoms with E-state index >= 15 is 0 Å². The van der Waals surface area contributed by atoms with Crippen molar-refractivity contribution in [1.29, 1.82) is 0 Å². The van der Waals surface area contributed by atoms with Gasteiger partial charge in [0.05, 0.1) is 19.1 Å². The van der Waals surface area contributed by atoms with Crippen LogP contribution in [0.15, 0.2) is 0 Å². The molecule has 5 nitrogen and oxygen atoms in total. The van der Waals surface area contributed by atoms with E-state index in [0.29, 0.717) is 6.04 Å². The van der Waals surface area contributed by atoms with Crippen LogP contribution < -0.4 is 5.32 Å². The van der Waals surface area contributed by atoms with E-state index < -0.39 is 0 Å². The summed E-state index contributed by atoms with van der Waals surface area (Å²) in [6, 6.07) is 0.343. The van der Waals surface area contributed by atoms with Gasteiger partial charge in [-0.2, -0.15) is 5.10 Å². The maximum Gasteiger partial charge on any atom is 0.157 e. The zero-order valence-electron chi connectivity index (χ0n) is 9.29. The molecule has 1 fully saturated rings. The molecule has 2 N–H and O–H groups in total. The molecule has 5 heteroatoms. The summed E-state index contributed by atoms with van der Waals surface area (Å²) < 4.78 is 5.43. The highest BCUT2D eigenvalue weighted by Gasteiger charge is 2.31. The molecule has 2 rings (SSSR count). The smallest absolute Gasteiger partial charge is 0.157 e. The highest BCUT2D eigenvalue weighted by molar-refractivity contribution is 5.05. The monoisotopic (exact) mass is 210 g/mol. The predicted octanol–water partition coefficient (Wildman–Crippen LogP) is 0.459. The van der Waals surface area contributed by atoms with Crippen molar-refractivity contribution in [3.8, 4) is 0 Å². The lowest BCUT2D eigenvalue weighted by atomic mass is 10.0. The molecule has 0 amide bonds. The first-order valence-corrected chi connectivity index (χ1v) is 5.51. The van der Waals surface area contributed by atoms with Gasteiger partial charge in [0.15, 0.2) is 5.82 Å². The van der Waals surface area contributed by atoms with Gasteiger partial charge in [-0.3, -0.25) is 5.10 Å². The van der Waals surface area contributed by atoms with Crippen LogP contribution >= 0.6 is 0 Å². The van der Waals surface area contributed by atoms with Crippen molar-refractivity contribution in [2.45, 2.75) is 31.7 Å². The first-order valence-electron chi connectivity index (χ1n) is 5.51. The lowest BCUT2D eigenvalue weighted by molar-refractivity contribution is 0.188. The molecule has 0 radical (unpaired) electrons. The second-order valence-corrected chi connectivity index (χ2v) is 3.93. The molecule has 84 valence electrons. The number of ether oxygens (including phenoxy) is 1. The molecule has 0 saturated carbocycles. The maximum absolute atomic E-state index is 5.43. The van der Waals surface area contributed by atoms with Crippen LogP contribution in [0, 0.1) is 0 Å². The summed E-state index contributed by atoms with van der Waals surface area (Å²) >= 11 is 0. The number of hydrogen-bond donors (Lipinski definition) is 2. The van der Waals surface area contributed by atoms with E-state index in [9.17, 15) is 0 Å². The maximum atomic E-state index is 5.43. The first kappa shape index (κ1) is 10.6. The Labute approximate surface area is 89.6 Å². The van der Waals surface area contributed by atoms with Gasteiger partial charge in [-0.05, 0) is 13.5 Å². The van der Waals surface area contributed by atoms with E-state index in [1.165, 1.54) is 0 Å². The summed E-state index contributed by atoms with van der Waals surface area (Å²) in [6.07, 6.45) is 2.05. The summed E-state index contributed by atoms with van der Waals surface area (Å²) in [6.45, 7) is 3.60. The predicted molar refractivity (Wildman–Crippen MR) is 56.8 cm³/mol. The molecule has 1 aromatic rings. The third kappa shape index (κ3) is 2.18. The van der Waals surface area contributed by atoms with E-state index in [1.807, 2.05) is 7.05 Å². The number of aromatic nitrogens is 3. The molecule has 2 heterocycles. The van der Waals surface area contributed by atoms with Crippen LogP contribution in [0.4, 0.5) is 0 Å². The van der Waals surface area contributed by atoms with E-state index in [1.54, 1.807) is 0 Å². The lowest BCUT2D eigenvalue weighted by Gasteiger charge is -2.12. The Morgan fingerprint density at radius 2 is 2.40 bits per heavy atom. The fourth-order valence-electron chi connectivity index (χ4n) is 1.92. The van der Waals surface area contributed by atoms with Gasteiger partial charge < -0.3 is 10.1 Å². The Hall–Kier alpha value is -0.940. The van der Waals surface area contributed by atoms with Gasteiger partial charge in [0.1, 0.15) is 5.82 Å². The fourth-order valence-corrected chi connectivity index (χ4v) is 1.92. The topological polar surface area (TPSA) is 62.8 Å². The number of nitrogens with one attached hydrogen (secondary N) is 2. The Morgan fingerprint density at radius 3 is 3.13 bits per heavy atom. The van der Waals surface area contributed by atoms with Crippen molar-refractivity contribution in [2.24, 2.45) is 0 Å². The molecule has 15 heavy (non-hydrogen) atoms. The highest BCUT2D eigenvalue weighted by atomic mass is 16.5. The Bertz CT molecular complexity index is 312. The van der Waals surface area contributed by atoms with Gasteiger partial charge >= 0.3 is 0 Å². The van der Waals surface area contributed by atoms with E-state index in [0.717, 1.165) is 37.7 Å². The number of nitrogens with zero attached hydrogens (tertiary/aromatic N) is 2. The number of hydrogen-bond acceptors (Lipinski definition) is 4. The van der Waals surface area contributed by atoms with Crippen molar-refractivity contribution >= 4 is 0 Å². The summed E-state index contributed by atoms with van der Waals surface area (Å²) in [7, 11) is 1.95. The van der Waals surface area contributed by atoms with Crippen molar-refractivity contribution < 1.29 is 4.74 Å². The number of aromatic amines is 1. The fraction of sp³-hybridized carbons (Fsp3) is 0.800. The third-order valence-electron chi connectivity index (χ3n) is 2.82. The average Bonchev–Trinajstić information content (AvgIpc) is 2.84. The van der Waals surface area contributed by atoms with Crippen LogP contribution in [0.2, 0.25) is 0 Å². The summed E-state index contributed by atoms with van der Waals surface area (Å²) in [4.78, 5) is 4.49. The zero-order valence-corrected chi connectivity index (χ0v) is 9.29. The van der Waals surface area contributed by atoms with E-state index in [-0.39, 0.29) is 5.92 Å². The van der Waals surface area contributed by atoms with Gasteiger partial charge in [-0.15, -0.1) is 0 Å². The molecule has 1 aromatic heterocycles. The number of likely N-dealkylation sites (N-methyl/N-ethyl adjacent to an activating group) is 1. The zero-order chi connectivity index (χ0) is 10.7. The number of rotatable bonds is 4. The summed E-state index contributed by atoms with van der Waals surface area (Å²) in [5.74, 6) is 2.15. The Morgan fingerprint density at radius 1 is 1.53 bits per heavy atom. The van der Waals surface area contributed by atoms with E-state index in [2.05, 4.69) is 27.4 Å². The molecule has 0 spiro atoms. The van der Waals surface area contributed by atoms with Gasteiger partial charge in [-0.1, -0.05) is 6.92 Å². The molecule has 2 atom stereocenters. The van der Waals surface area contributed by atoms with Gasteiger partial charge in [0, 0.05) is 12.5 Å². The van der Waals surface area contributed by atoms with Gasteiger partial charge in [0.2, 0.25) is 0 Å². The Kier molecular flexibility index (Phi) is 3.33. The largest absolute Gasteiger partial charge is 0.379 e. The standard InChI is InChI=1S/C10H18N4O/c1-3-4-9-12-10(14-13-9)7-5-15-6-8(7)11-2/h7-8,11H,3-6H2,1-2H3,(H,12,13,14). The van der Waals surface area contributed by atoms with Crippen LogP contribution in [0.5, 0.6) is 0 Å². The molecular weight excluding hydrogens is 192 g/mol. The van der Waals surface area contributed by atoms with Crippen molar-refractivity contribution in [2.75, 3.05) is 20.3 Å². The SMILES string of the molecule is CCCc1nc(C2COCC2NC)n[nH]1. The second kappa shape index (κ2) is 4.72. The quantitative estimate of drug-likeness (QED) is 0.758. The third-order valence-corrected chi connectivity index (χ3v) is 2.82. The molecule has 2 unspecified atom stereocenters. The minimum atomic E-state index is 0.289. The minimum Gasteiger partial charge on any atom is -0.379 e. The molecule has 0 bridgehead atoms. The van der Waals surface area contributed by atoms with Crippen LogP contribution in [0.25, 0.3) is 0 Å². The molecule has 1 aliphatic heterocycles. The molecule has 0 aromatic carbocycles. The van der Waals surface area contributed by atoms with Crippen molar-refractivity contribution in [1.82, 2.24) is 20.5 Å². The van der Waals surface area contributed by atoms with Crippen LogP contribution in [0.1, 0.15) is 30.9 Å². The summed E-state index contributed by atoms with van der Waals surface area (Å²) in [5.41, 5.74) is 0. The molecular formula is C10H18N4O. The first-order chi connectivity index (χ1) is 7.35. The normalized spacial score (nSPS) is 26.0. The summed E-state index contributed by atoms with van der Waals surface area (Å²) in [5, 5.41) is 10.5. The Balaban J connectivity index is 2.07. The second-order valence-electron chi connectivity index (χ2n) is 3.93. The average molecular weight is 210 g/mol. The van der Waals surface area contributed by atoms with Crippen LogP contribution in [-0.4, -0.2) is 41.5 Å². The number of aryl methyl sites for hydroxylation is 1. The highest BCUT2D eigenvalue weighted by Crippen LogP contribution is 2.22. The van der Waals surface area contributed by atoms with Crippen LogP contribution in [-0.2, 0) is 11.2 Å². The van der Waals surface area contributed by atoms with E-state index in [4.69, 9.17) is 4.74 Å². The molecule has 1 aliphatic rings. The van der Waals surface area contributed by atoms with Crippen molar-refractivity contribution in [3.63, 3.8) is 0 Å². The molecule has 0 aliphatic carbocycles. The molecule has 1 saturated heterocycles. The van der Waals surface area contributed by atoms with Crippen molar-refractivity contribution in [3.05, 3.63) is 11.6 Å². The van der Waals surface area contributed by atoms with Crippen LogP contribution in [0.3, 0.4) is 0 Å². The number of H-pyrrole nitrogens is 1.